The Kier molecular flexibility index (Phi) is 5.47. The van der Waals surface area contributed by atoms with Crippen molar-refractivity contribution in [2.75, 3.05) is 17.2 Å². The van der Waals surface area contributed by atoms with Crippen molar-refractivity contribution in [1.82, 2.24) is 15.0 Å². The van der Waals surface area contributed by atoms with Crippen LogP contribution in [0, 0.1) is 17.0 Å². The van der Waals surface area contributed by atoms with E-state index >= 15 is 0 Å². The van der Waals surface area contributed by atoms with Gasteiger partial charge in [-0.2, -0.15) is 0 Å². The molecule has 4 aromatic rings. The number of pyridine rings is 1. The average Bonchev–Trinajstić information content (AvgIpc) is 2.75. The van der Waals surface area contributed by atoms with Crippen LogP contribution in [0.5, 0.6) is 0 Å². The Balaban J connectivity index is 1.62. The summed E-state index contributed by atoms with van der Waals surface area (Å²) in [5, 5.41) is 18.9. The molecule has 0 bridgehead atoms. The molecule has 8 heteroatoms. The molecule has 0 aliphatic heterocycles. The van der Waals surface area contributed by atoms with Crippen LogP contribution < -0.4 is 10.6 Å². The minimum absolute atomic E-state index is 0.119. The third-order valence-corrected chi connectivity index (χ3v) is 4.67. The van der Waals surface area contributed by atoms with Gasteiger partial charge in [0.05, 0.1) is 16.1 Å². The van der Waals surface area contributed by atoms with E-state index in [1.54, 1.807) is 0 Å². The summed E-state index contributed by atoms with van der Waals surface area (Å²) >= 11 is 0. The number of fused-ring (bicyclic) bond motifs is 1. The van der Waals surface area contributed by atoms with E-state index in [-0.39, 0.29) is 17.3 Å². The van der Waals surface area contributed by atoms with E-state index in [1.165, 1.54) is 6.33 Å². The van der Waals surface area contributed by atoms with E-state index in [2.05, 4.69) is 25.6 Å². The highest BCUT2D eigenvalue weighted by Gasteiger charge is 2.23. The van der Waals surface area contributed by atoms with E-state index in [4.69, 9.17) is 0 Å². The predicted molar refractivity (Wildman–Crippen MR) is 117 cm³/mol. The first-order valence-corrected chi connectivity index (χ1v) is 9.52. The molecule has 0 aliphatic rings. The fourth-order valence-electron chi connectivity index (χ4n) is 3.22. The minimum atomic E-state index is -0.475. The van der Waals surface area contributed by atoms with E-state index in [1.807, 2.05) is 67.6 Å². The van der Waals surface area contributed by atoms with Crippen molar-refractivity contribution in [2.45, 2.75) is 13.3 Å². The van der Waals surface area contributed by atoms with Gasteiger partial charge in [0.1, 0.15) is 6.33 Å². The van der Waals surface area contributed by atoms with E-state index in [9.17, 15) is 10.1 Å². The van der Waals surface area contributed by atoms with Crippen LogP contribution in [0.4, 0.5) is 23.0 Å². The van der Waals surface area contributed by atoms with Crippen LogP contribution in [0.2, 0.25) is 0 Å². The molecule has 2 heterocycles. The Morgan fingerprint density at radius 2 is 1.77 bits per heavy atom. The molecule has 0 fully saturated rings. The molecule has 0 saturated carbocycles. The second-order valence-electron chi connectivity index (χ2n) is 6.79. The van der Waals surface area contributed by atoms with Crippen LogP contribution in [0.25, 0.3) is 10.9 Å². The van der Waals surface area contributed by atoms with Crippen molar-refractivity contribution < 1.29 is 4.92 Å². The Bertz CT molecular complexity index is 1200. The monoisotopic (exact) mass is 400 g/mol. The van der Waals surface area contributed by atoms with E-state index < -0.39 is 4.92 Å². The van der Waals surface area contributed by atoms with Crippen molar-refractivity contribution in [3.8, 4) is 0 Å². The molecule has 2 aromatic heterocycles. The third-order valence-electron chi connectivity index (χ3n) is 4.67. The summed E-state index contributed by atoms with van der Waals surface area (Å²) in [6.45, 7) is 2.41. The molecule has 0 saturated heterocycles. The molecule has 0 spiro atoms. The van der Waals surface area contributed by atoms with Gasteiger partial charge >= 0.3 is 5.69 Å². The van der Waals surface area contributed by atoms with Gasteiger partial charge in [0.2, 0.25) is 11.6 Å². The molecule has 0 aliphatic carbocycles. The number of aromatic nitrogens is 3. The van der Waals surface area contributed by atoms with Crippen molar-refractivity contribution in [3.63, 3.8) is 0 Å². The summed E-state index contributed by atoms with van der Waals surface area (Å²) in [6, 6.07) is 19.4. The number of rotatable bonds is 7. The van der Waals surface area contributed by atoms with Crippen molar-refractivity contribution in [3.05, 3.63) is 88.4 Å². The largest absolute Gasteiger partial charge is 0.364 e. The number of nitro groups is 1. The fraction of sp³-hybridized carbons (Fsp3) is 0.136. The number of benzene rings is 2. The standard InChI is InChI=1S/C22H20N6O2/c1-15-10-11-17-8-5-9-18(19(17)26-15)27-22-20(28(29)30)21(24-14-25-22)23-13-12-16-6-3-2-4-7-16/h2-11,14H,12-13H2,1H3,(H2,23,24,25,27). The molecule has 2 aromatic carbocycles. The van der Waals surface area contributed by atoms with Gasteiger partial charge in [-0.15, -0.1) is 0 Å². The fourth-order valence-corrected chi connectivity index (χ4v) is 3.22. The topological polar surface area (TPSA) is 106 Å². The van der Waals surface area contributed by atoms with Crippen LogP contribution >= 0.6 is 0 Å². The predicted octanol–water partition coefficient (Wildman–Crippen LogP) is 4.64. The van der Waals surface area contributed by atoms with Crippen molar-refractivity contribution in [2.24, 2.45) is 0 Å². The quantitative estimate of drug-likeness (QED) is 0.344. The molecular weight excluding hydrogens is 380 g/mol. The highest BCUT2D eigenvalue weighted by atomic mass is 16.6. The lowest BCUT2D eigenvalue weighted by Gasteiger charge is -2.11. The molecule has 0 atom stereocenters. The Morgan fingerprint density at radius 1 is 0.967 bits per heavy atom. The normalized spacial score (nSPS) is 10.7. The number of aryl methyl sites for hydroxylation is 1. The minimum Gasteiger partial charge on any atom is -0.364 e. The summed E-state index contributed by atoms with van der Waals surface area (Å²) in [5.74, 6) is 0.297. The molecule has 4 rings (SSSR count). The molecule has 8 nitrogen and oxygen atoms in total. The van der Waals surface area contributed by atoms with Gasteiger partial charge in [0, 0.05) is 17.6 Å². The lowest BCUT2D eigenvalue weighted by atomic mass is 10.1. The number of anilines is 3. The highest BCUT2D eigenvalue weighted by Crippen LogP contribution is 2.33. The van der Waals surface area contributed by atoms with Crippen LogP contribution in [-0.2, 0) is 6.42 Å². The summed E-state index contributed by atoms with van der Waals surface area (Å²) in [7, 11) is 0. The first-order chi connectivity index (χ1) is 14.6. The number of hydrogen-bond donors (Lipinski definition) is 2. The molecule has 0 amide bonds. The van der Waals surface area contributed by atoms with Gasteiger partial charge in [-0.25, -0.2) is 9.97 Å². The number of hydrogen-bond acceptors (Lipinski definition) is 7. The molecule has 0 unspecified atom stereocenters. The van der Waals surface area contributed by atoms with Gasteiger partial charge in [0.25, 0.3) is 0 Å². The zero-order chi connectivity index (χ0) is 20.9. The Hall–Kier alpha value is -4.07. The molecule has 0 radical (unpaired) electrons. The second kappa shape index (κ2) is 8.52. The Labute approximate surface area is 173 Å². The summed E-state index contributed by atoms with van der Waals surface area (Å²) in [5.41, 5.74) is 3.17. The van der Waals surface area contributed by atoms with Crippen molar-refractivity contribution in [1.29, 1.82) is 0 Å². The number of para-hydroxylation sites is 1. The van der Waals surface area contributed by atoms with Crippen molar-refractivity contribution >= 4 is 33.9 Å². The molecule has 150 valence electrons. The van der Waals surface area contributed by atoms with Gasteiger partial charge in [-0.1, -0.05) is 48.5 Å². The van der Waals surface area contributed by atoms with Crippen LogP contribution in [0.1, 0.15) is 11.3 Å². The highest BCUT2D eigenvalue weighted by molar-refractivity contribution is 5.93. The smallest absolute Gasteiger partial charge is 0.353 e. The maximum absolute atomic E-state index is 11.8. The third kappa shape index (κ3) is 4.17. The van der Waals surface area contributed by atoms with Gasteiger partial charge < -0.3 is 10.6 Å². The van der Waals surface area contributed by atoms with Crippen LogP contribution in [0.15, 0.2) is 67.0 Å². The lowest BCUT2D eigenvalue weighted by molar-refractivity contribution is -0.383. The molecule has 2 N–H and O–H groups in total. The van der Waals surface area contributed by atoms with Gasteiger partial charge in [-0.3, -0.25) is 15.1 Å². The zero-order valence-electron chi connectivity index (χ0n) is 16.4. The summed E-state index contributed by atoms with van der Waals surface area (Å²) < 4.78 is 0. The number of nitrogens with zero attached hydrogens (tertiary/aromatic N) is 4. The van der Waals surface area contributed by atoms with Gasteiger partial charge in [0.15, 0.2) is 0 Å². The van der Waals surface area contributed by atoms with Gasteiger partial charge in [-0.05, 0) is 31.0 Å². The summed E-state index contributed by atoms with van der Waals surface area (Å²) in [4.78, 5) is 24.1. The SMILES string of the molecule is Cc1ccc2cccc(Nc3ncnc(NCCc4ccccc4)c3[N+](=O)[O-])c2n1. The van der Waals surface area contributed by atoms with E-state index in [0.29, 0.717) is 12.2 Å². The maximum Gasteiger partial charge on any atom is 0.353 e. The zero-order valence-corrected chi connectivity index (χ0v) is 16.4. The Morgan fingerprint density at radius 3 is 2.57 bits per heavy atom. The maximum atomic E-state index is 11.8. The number of nitrogens with one attached hydrogen (secondary N) is 2. The first kappa shape index (κ1) is 19.3. The second-order valence-corrected chi connectivity index (χ2v) is 6.79. The lowest BCUT2D eigenvalue weighted by Crippen LogP contribution is -2.11. The molecular formula is C22H20N6O2. The first-order valence-electron chi connectivity index (χ1n) is 9.52. The van der Waals surface area contributed by atoms with Crippen LogP contribution in [0.3, 0.4) is 0 Å². The van der Waals surface area contributed by atoms with Crippen LogP contribution in [-0.4, -0.2) is 26.4 Å². The molecule has 30 heavy (non-hydrogen) atoms. The average molecular weight is 400 g/mol. The summed E-state index contributed by atoms with van der Waals surface area (Å²) in [6.07, 6.45) is 2.03. The van der Waals surface area contributed by atoms with E-state index in [0.717, 1.165) is 28.6 Å².